The lowest BCUT2D eigenvalue weighted by molar-refractivity contribution is 1.71. The summed E-state index contributed by atoms with van der Waals surface area (Å²) < 4.78 is 1.02. The van der Waals surface area contributed by atoms with Gasteiger partial charge < -0.3 is 0 Å². The fourth-order valence-electron chi connectivity index (χ4n) is 3.34. The number of rotatable bonds is 1. The highest BCUT2D eigenvalue weighted by molar-refractivity contribution is 9.10. The van der Waals surface area contributed by atoms with Crippen LogP contribution < -0.4 is 27.3 Å². The van der Waals surface area contributed by atoms with Gasteiger partial charge >= 0.3 is 0 Å². The highest BCUT2D eigenvalue weighted by atomic mass is 79.9. The maximum atomic E-state index is 6.22. The summed E-state index contributed by atoms with van der Waals surface area (Å²) in [6, 6.07) is 16.4. The second-order valence-electron chi connectivity index (χ2n) is 6.31. The molecule has 0 N–H and O–H groups in total. The Kier molecular flexibility index (Phi) is 4.35. The molecule has 0 nitrogen and oxygen atoms in total. The van der Waals surface area contributed by atoms with Crippen molar-refractivity contribution < 1.29 is 0 Å². The van der Waals surface area contributed by atoms with Gasteiger partial charge in [0.2, 0.25) is 0 Å². The summed E-state index contributed by atoms with van der Waals surface area (Å²) in [6.07, 6.45) is 0. The Labute approximate surface area is 167 Å². The third-order valence-corrected chi connectivity index (χ3v) is 5.28. The van der Waals surface area contributed by atoms with Crippen molar-refractivity contribution in [1.29, 1.82) is 0 Å². The van der Waals surface area contributed by atoms with Crippen LogP contribution in [-0.4, -0.2) is 39.2 Å². The van der Waals surface area contributed by atoms with E-state index in [-0.39, 0.29) is 16.4 Å². The van der Waals surface area contributed by atoms with Gasteiger partial charge in [0.25, 0.3) is 0 Å². The molecule has 0 aromatic heterocycles. The number of fused-ring (bicyclic) bond motifs is 3. The van der Waals surface area contributed by atoms with Crippen LogP contribution in [0.25, 0.3) is 32.7 Å². The van der Waals surface area contributed by atoms with Crippen molar-refractivity contribution in [2.45, 2.75) is 0 Å². The monoisotopic (exact) mass is 382 g/mol. The third-order valence-electron chi connectivity index (χ3n) is 4.79. The highest BCUT2D eigenvalue weighted by Crippen LogP contribution is 2.30. The van der Waals surface area contributed by atoms with Crippen molar-refractivity contribution in [3.8, 4) is 11.1 Å². The zero-order chi connectivity index (χ0) is 18.6. The van der Waals surface area contributed by atoms with Gasteiger partial charge in [0.05, 0.1) is 0 Å². The van der Waals surface area contributed by atoms with E-state index in [2.05, 4.69) is 46.3 Å². The summed E-state index contributed by atoms with van der Waals surface area (Å²) in [5, 5.41) is 4.49. The zero-order valence-corrected chi connectivity index (χ0v) is 15.5. The second-order valence-corrected chi connectivity index (χ2v) is 7.23. The van der Waals surface area contributed by atoms with E-state index in [1.165, 1.54) is 0 Å². The van der Waals surface area contributed by atoms with Gasteiger partial charge in [-0.2, -0.15) is 0 Å². The van der Waals surface area contributed by atoms with Crippen molar-refractivity contribution in [2.75, 3.05) is 0 Å². The smallest absolute Gasteiger partial charge is 0.112 e. The summed E-state index contributed by atoms with van der Waals surface area (Å²) in [6.45, 7) is 0. The summed E-state index contributed by atoms with van der Waals surface area (Å²) in [5.41, 5.74) is 2.88. The average Bonchev–Trinajstić information content (AvgIpc) is 2.65. The molecule has 4 aromatic rings. The molecule has 0 aliphatic heterocycles. The molecule has 4 aromatic carbocycles. The molecule has 0 saturated heterocycles. The van der Waals surface area contributed by atoms with E-state index in [0.717, 1.165) is 31.6 Å². The molecule has 0 unspecified atom stereocenters. The lowest BCUT2D eigenvalue weighted by Crippen LogP contribution is -2.55. The van der Waals surface area contributed by atoms with Crippen LogP contribution in [0, 0.1) is 0 Å². The minimum Gasteiger partial charge on any atom is -0.112 e. The summed E-state index contributed by atoms with van der Waals surface area (Å²) in [4.78, 5) is 0. The standard InChI is InChI=1S/C20H8B5Br/c21-16-15(17(22)19(24)20(25)18(16)23)11-4-3-9-1-2-10-5-6-12(26)8-14(10)13(9)7-11/h1-8H. The summed E-state index contributed by atoms with van der Waals surface area (Å²) in [5.74, 6) is 0. The SMILES string of the molecule is [B]c1c([B])c([B])c(-c2ccc3ccc4ccc(Br)cc4c3c2)c([B])c1[B]. The van der Waals surface area contributed by atoms with E-state index >= 15 is 0 Å². The molecule has 0 atom stereocenters. The largest absolute Gasteiger partial charge is 0.113 e. The van der Waals surface area contributed by atoms with Crippen molar-refractivity contribution in [2.24, 2.45) is 0 Å². The van der Waals surface area contributed by atoms with Crippen LogP contribution in [0.5, 0.6) is 0 Å². The molecule has 4 rings (SSSR count). The van der Waals surface area contributed by atoms with Gasteiger partial charge in [0.1, 0.15) is 39.2 Å². The Morgan fingerprint density at radius 2 is 1.00 bits per heavy atom. The normalized spacial score (nSPS) is 11.3. The highest BCUT2D eigenvalue weighted by Gasteiger charge is 2.13. The molecule has 0 saturated carbocycles. The van der Waals surface area contributed by atoms with E-state index in [1.807, 2.05) is 18.2 Å². The first kappa shape index (κ1) is 17.6. The van der Waals surface area contributed by atoms with Crippen LogP contribution in [0.3, 0.4) is 0 Å². The Morgan fingerprint density at radius 1 is 0.538 bits per heavy atom. The first-order chi connectivity index (χ1) is 12.4. The van der Waals surface area contributed by atoms with Crippen molar-refractivity contribution in [3.05, 3.63) is 53.0 Å². The van der Waals surface area contributed by atoms with Crippen molar-refractivity contribution in [3.63, 3.8) is 0 Å². The molecule has 0 aliphatic carbocycles. The second kappa shape index (κ2) is 6.42. The van der Waals surface area contributed by atoms with Gasteiger partial charge in [-0.1, -0.05) is 57.2 Å². The molecule has 0 fully saturated rings. The lowest BCUT2D eigenvalue weighted by atomic mass is 9.59. The van der Waals surface area contributed by atoms with Gasteiger partial charge in [0, 0.05) is 4.47 Å². The Bertz CT molecular complexity index is 1170. The van der Waals surface area contributed by atoms with E-state index in [4.69, 9.17) is 39.2 Å². The predicted molar refractivity (Wildman–Crippen MR) is 122 cm³/mol. The van der Waals surface area contributed by atoms with Crippen molar-refractivity contribution in [1.82, 2.24) is 0 Å². The Morgan fingerprint density at radius 3 is 1.62 bits per heavy atom. The van der Waals surface area contributed by atoms with Crippen LogP contribution in [-0.2, 0) is 0 Å². The average molecular weight is 382 g/mol. The molecule has 0 aliphatic rings. The zero-order valence-electron chi connectivity index (χ0n) is 13.9. The van der Waals surface area contributed by atoms with Gasteiger partial charge in [-0.05, 0) is 50.9 Å². The van der Waals surface area contributed by atoms with Gasteiger partial charge in [-0.3, -0.25) is 0 Å². The topological polar surface area (TPSA) is 0 Å². The van der Waals surface area contributed by atoms with Gasteiger partial charge in [0.15, 0.2) is 0 Å². The summed E-state index contributed by atoms with van der Waals surface area (Å²) >= 11 is 3.54. The minimum atomic E-state index is 0.221. The fraction of sp³-hybridized carbons (Fsp3) is 0. The maximum absolute atomic E-state index is 6.22. The van der Waals surface area contributed by atoms with E-state index < -0.39 is 0 Å². The molecule has 0 amide bonds. The molecule has 26 heavy (non-hydrogen) atoms. The first-order valence-corrected chi connectivity index (χ1v) is 8.81. The van der Waals surface area contributed by atoms with Crippen LogP contribution >= 0.6 is 15.9 Å². The number of hydrogen-bond donors (Lipinski definition) is 0. The molecule has 10 radical (unpaired) electrons. The molecule has 110 valence electrons. The van der Waals surface area contributed by atoms with Crippen LogP contribution in [0.1, 0.15) is 0 Å². The third kappa shape index (κ3) is 2.67. The van der Waals surface area contributed by atoms with E-state index in [0.29, 0.717) is 16.5 Å². The predicted octanol–water partition coefficient (Wildman–Crippen LogP) is 0.392. The van der Waals surface area contributed by atoms with Gasteiger partial charge in [-0.25, -0.2) is 0 Å². The number of hydrogen-bond acceptors (Lipinski definition) is 0. The van der Waals surface area contributed by atoms with Crippen LogP contribution in [0.2, 0.25) is 0 Å². The van der Waals surface area contributed by atoms with Crippen LogP contribution in [0.15, 0.2) is 53.0 Å². The molecule has 0 bridgehead atoms. The maximum Gasteiger partial charge on any atom is 0.113 e. The molecule has 0 spiro atoms. The van der Waals surface area contributed by atoms with Crippen molar-refractivity contribution >= 4 is 104 Å². The Balaban J connectivity index is 2.08. The van der Waals surface area contributed by atoms with Crippen LogP contribution in [0.4, 0.5) is 0 Å². The van der Waals surface area contributed by atoms with E-state index in [1.54, 1.807) is 0 Å². The lowest BCUT2D eigenvalue weighted by Gasteiger charge is -2.21. The molecule has 0 heterocycles. The molecular formula is C20H8B5Br. The Hall–Kier alpha value is -1.80. The molecule has 6 heteroatoms. The first-order valence-electron chi connectivity index (χ1n) is 8.02. The quantitative estimate of drug-likeness (QED) is 0.330. The minimum absolute atomic E-state index is 0.221. The summed E-state index contributed by atoms with van der Waals surface area (Å²) in [7, 11) is 30.4. The van der Waals surface area contributed by atoms with Gasteiger partial charge in [-0.15, -0.1) is 16.4 Å². The fourth-order valence-corrected chi connectivity index (χ4v) is 3.70. The number of benzene rings is 4. The van der Waals surface area contributed by atoms with E-state index in [9.17, 15) is 0 Å². The molecular weight excluding hydrogens is 374 g/mol. The number of halogens is 1.